The van der Waals surface area contributed by atoms with Gasteiger partial charge in [-0.05, 0) is 42.0 Å². The molecule has 0 fully saturated rings. The largest absolute Gasteiger partial charge is 0.381 e. The second kappa shape index (κ2) is 5.16. The molecule has 94 valence electrons. The molecule has 0 radical (unpaired) electrons. The van der Waals surface area contributed by atoms with Gasteiger partial charge in [0.15, 0.2) is 0 Å². The number of nitrogens with one attached hydrogen (secondary N) is 1. The molecule has 2 N–H and O–H groups in total. The predicted octanol–water partition coefficient (Wildman–Crippen LogP) is 1.94. The first-order chi connectivity index (χ1) is 8.55. The van der Waals surface area contributed by atoms with Crippen LogP contribution >= 0.6 is 0 Å². The van der Waals surface area contributed by atoms with E-state index in [0.29, 0.717) is 6.54 Å². The number of benzene rings is 1. The topological polar surface area (TPSA) is 79.3 Å². The Bertz CT molecular complexity index is 610. The van der Waals surface area contributed by atoms with Crippen molar-refractivity contribution in [3.05, 3.63) is 54.4 Å². The van der Waals surface area contributed by atoms with Gasteiger partial charge in [-0.2, -0.15) is 8.42 Å². The molecule has 1 aromatic heterocycles. The molecule has 0 spiro atoms. The Hall–Kier alpha value is -1.92. The van der Waals surface area contributed by atoms with E-state index in [9.17, 15) is 8.42 Å². The Morgan fingerprint density at radius 1 is 1.06 bits per heavy atom. The summed E-state index contributed by atoms with van der Waals surface area (Å²) in [6.07, 6.45) is 3.41. The van der Waals surface area contributed by atoms with Crippen LogP contribution in [-0.2, 0) is 16.7 Å². The lowest BCUT2D eigenvalue weighted by Crippen LogP contribution is -2.01. The minimum Gasteiger partial charge on any atom is -0.381 e. The van der Waals surface area contributed by atoms with Crippen LogP contribution < -0.4 is 5.32 Å². The monoisotopic (exact) mass is 264 g/mol. The van der Waals surface area contributed by atoms with Gasteiger partial charge in [-0.1, -0.05) is 0 Å². The van der Waals surface area contributed by atoms with Crippen LogP contribution in [0.4, 0.5) is 5.69 Å². The highest BCUT2D eigenvalue weighted by Gasteiger charge is 2.07. The maximum Gasteiger partial charge on any atom is 0.294 e. The molecule has 0 saturated heterocycles. The number of rotatable bonds is 4. The highest BCUT2D eigenvalue weighted by atomic mass is 32.2. The van der Waals surface area contributed by atoms with E-state index < -0.39 is 10.1 Å². The van der Waals surface area contributed by atoms with Crippen molar-refractivity contribution < 1.29 is 13.0 Å². The Kier molecular flexibility index (Phi) is 3.59. The first kappa shape index (κ1) is 12.5. The van der Waals surface area contributed by atoms with E-state index in [4.69, 9.17) is 4.55 Å². The Morgan fingerprint density at radius 2 is 1.67 bits per heavy atom. The SMILES string of the molecule is O=S(=O)(O)c1ccc(NCc2ccncc2)cc1. The van der Waals surface area contributed by atoms with Gasteiger partial charge in [0.2, 0.25) is 0 Å². The molecule has 6 heteroatoms. The van der Waals surface area contributed by atoms with E-state index >= 15 is 0 Å². The third-order valence-corrected chi connectivity index (χ3v) is 3.27. The third kappa shape index (κ3) is 3.28. The van der Waals surface area contributed by atoms with E-state index in [2.05, 4.69) is 10.3 Å². The van der Waals surface area contributed by atoms with Crippen LogP contribution in [0.5, 0.6) is 0 Å². The first-order valence-electron chi connectivity index (χ1n) is 5.26. The molecular formula is C12H12N2O3S. The van der Waals surface area contributed by atoms with Crippen molar-refractivity contribution >= 4 is 15.8 Å². The molecular weight excluding hydrogens is 252 g/mol. The van der Waals surface area contributed by atoms with E-state index in [1.165, 1.54) is 12.1 Å². The number of hydrogen-bond acceptors (Lipinski definition) is 4. The van der Waals surface area contributed by atoms with Crippen LogP contribution in [-0.4, -0.2) is 18.0 Å². The van der Waals surface area contributed by atoms with Crippen molar-refractivity contribution in [2.45, 2.75) is 11.4 Å². The maximum absolute atomic E-state index is 10.9. The van der Waals surface area contributed by atoms with Crippen LogP contribution in [0.2, 0.25) is 0 Å². The zero-order chi connectivity index (χ0) is 13.0. The molecule has 0 aliphatic carbocycles. The van der Waals surface area contributed by atoms with Gasteiger partial charge in [0.1, 0.15) is 0 Å². The molecule has 1 aromatic carbocycles. The predicted molar refractivity (Wildman–Crippen MR) is 67.8 cm³/mol. The molecule has 0 bridgehead atoms. The summed E-state index contributed by atoms with van der Waals surface area (Å²) in [6.45, 7) is 0.619. The fourth-order valence-electron chi connectivity index (χ4n) is 1.45. The zero-order valence-corrected chi connectivity index (χ0v) is 10.3. The lowest BCUT2D eigenvalue weighted by atomic mass is 10.2. The number of hydrogen-bond donors (Lipinski definition) is 2. The van der Waals surface area contributed by atoms with Gasteiger partial charge in [0.25, 0.3) is 10.1 Å². The fraction of sp³-hybridized carbons (Fsp3) is 0.0833. The fourth-order valence-corrected chi connectivity index (χ4v) is 1.93. The van der Waals surface area contributed by atoms with Gasteiger partial charge < -0.3 is 5.32 Å². The van der Waals surface area contributed by atoms with Gasteiger partial charge in [0.05, 0.1) is 4.90 Å². The summed E-state index contributed by atoms with van der Waals surface area (Å²) >= 11 is 0. The molecule has 2 rings (SSSR count). The minimum absolute atomic E-state index is 0.114. The second-order valence-electron chi connectivity index (χ2n) is 3.71. The smallest absolute Gasteiger partial charge is 0.294 e. The zero-order valence-electron chi connectivity index (χ0n) is 9.45. The maximum atomic E-state index is 10.9. The molecule has 2 aromatic rings. The van der Waals surface area contributed by atoms with E-state index in [0.717, 1.165) is 11.3 Å². The minimum atomic E-state index is -4.12. The van der Waals surface area contributed by atoms with Crippen molar-refractivity contribution in [2.24, 2.45) is 0 Å². The summed E-state index contributed by atoms with van der Waals surface area (Å²) in [6, 6.07) is 9.68. The molecule has 0 aliphatic heterocycles. The summed E-state index contributed by atoms with van der Waals surface area (Å²) in [5, 5.41) is 3.14. The van der Waals surface area contributed by atoms with Crippen molar-refractivity contribution in [2.75, 3.05) is 5.32 Å². The van der Waals surface area contributed by atoms with Gasteiger partial charge in [-0.25, -0.2) is 0 Å². The van der Waals surface area contributed by atoms with Crippen LogP contribution in [0, 0.1) is 0 Å². The quantitative estimate of drug-likeness (QED) is 0.825. The molecule has 0 amide bonds. The van der Waals surface area contributed by atoms with Crippen molar-refractivity contribution in [3.8, 4) is 0 Å². The highest BCUT2D eigenvalue weighted by Crippen LogP contribution is 2.14. The number of aromatic nitrogens is 1. The standard InChI is InChI=1S/C12H12N2O3S/c15-18(16,17)12-3-1-11(2-4-12)14-9-10-5-7-13-8-6-10/h1-8,14H,9H2,(H,15,16,17). The first-order valence-corrected chi connectivity index (χ1v) is 6.70. The van der Waals surface area contributed by atoms with Crippen molar-refractivity contribution in [3.63, 3.8) is 0 Å². The van der Waals surface area contributed by atoms with Crippen molar-refractivity contribution in [1.82, 2.24) is 4.98 Å². The van der Waals surface area contributed by atoms with E-state index in [-0.39, 0.29) is 4.90 Å². The van der Waals surface area contributed by atoms with Crippen LogP contribution in [0.15, 0.2) is 53.7 Å². The van der Waals surface area contributed by atoms with Gasteiger partial charge in [-0.3, -0.25) is 9.54 Å². The van der Waals surface area contributed by atoms with Crippen LogP contribution in [0.1, 0.15) is 5.56 Å². The summed E-state index contributed by atoms with van der Waals surface area (Å²) in [4.78, 5) is 3.80. The highest BCUT2D eigenvalue weighted by molar-refractivity contribution is 7.85. The van der Waals surface area contributed by atoms with Gasteiger partial charge in [-0.15, -0.1) is 0 Å². The molecule has 1 heterocycles. The summed E-state index contributed by atoms with van der Waals surface area (Å²) in [7, 11) is -4.12. The molecule has 0 atom stereocenters. The Morgan fingerprint density at radius 3 is 2.22 bits per heavy atom. The lowest BCUT2D eigenvalue weighted by molar-refractivity contribution is 0.483. The van der Waals surface area contributed by atoms with Crippen molar-refractivity contribution in [1.29, 1.82) is 0 Å². The number of nitrogens with zero attached hydrogens (tertiary/aromatic N) is 1. The van der Waals surface area contributed by atoms with E-state index in [1.54, 1.807) is 24.5 Å². The summed E-state index contributed by atoms with van der Waals surface area (Å²) in [5.41, 5.74) is 1.85. The summed E-state index contributed by atoms with van der Waals surface area (Å²) < 4.78 is 30.5. The normalized spacial score (nSPS) is 11.2. The molecule has 5 nitrogen and oxygen atoms in total. The van der Waals surface area contributed by atoms with Gasteiger partial charge >= 0.3 is 0 Å². The second-order valence-corrected chi connectivity index (χ2v) is 5.13. The van der Waals surface area contributed by atoms with Crippen LogP contribution in [0.25, 0.3) is 0 Å². The summed E-state index contributed by atoms with van der Waals surface area (Å²) in [5.74, 6) is 0. The Labute approximate surface area is 105 Å². The molecule has 18 heavy (non-hydrogen) atoms. The number of anilines is 1. The number of pyridine rings is 1. The van der Waals surface area contributed by atoms with Crippen LogP contribution in [0.3, 0.4) is 0 Å². The molecule has 0 aliphatic rings. The van der Waals surface area contributed by atoms with E-state index in [1.807, 2.05) is 12.1 Å². The lowest BCUT2D eigenvalue weighted by Gasteiger charge is -2.06. The van der Waals surface area contributed by atoms with Gasteiger partial charge in [0, 0.05) is 24.6 Å². The molecule has 0 unspecified atom stereocenters. The molecule has 0 saturated carbocycles. The third-order valence-electron chi connectivity index (χ3n) is 2.40. The average molecular weight is 264 g/mol. The average Bonchev–Trinajstić information content (AvgIpc) is 2.37. The Balaban J connectivity index is 2.03.